The van der Waals surface area contributed by atoms with E-state index in [2.05, 4.69) is 32.3 Å². The van der Waals surface area contributed by atoms with Gasteiger partial charge in [-0.2, -0.15) is 0 Å². The lowest BCUT2D eigenvalue weighted by atomic mass is 10.2. The average Bonchev–Trinajstić information content (AvgIpc) is 2.01. The molecule has 0 saturated carbocycles. The average molecular weight is 169 g/mol. The molecular formula is C11H23N. The fraction of sp³-hybridized carbons (Fsp3) is 0.818. The molecule has 0 bridgehead atoms. The molecule has 0 amide bonds. The predicted molar refractivity (Wildman–Crippen MR) is 56.5 cm³/mol. The highest BCUT2D eigenvalue weighted by atomic mass is 15.1. The summed E-state index contributed by atoms with van der Waals surface area (Å²) in [7, 11) is 0. The minimum atomic E-state index is 1.15. The Morgan fingerprint density at radius 3 is 1.92 bits per heavy atom. The molecule has 0 saturated heterocycles. The van der Waals surface area contributed by atoms with Gasteiger partial charge in [0.2, 0.25) is 0 Å². The van der Waals surface area contributed by atoms with Crippen molar-refractivity contribution < 1.29 is 0 Å². The van der Waals surface area contributed by atoms with E-state index < -0.39 is 0 Å². The van der Waals surface area contributed by atoms with Crippen LogP contribution < -0.4 is 0 Å². The van der Waals surface area contributed by atoms with Crippen LogP contribution in [0.4, 0.5) is 0 Å². The van der Waals surface area contributed by atoms with Crippen LogP contribution in [-0.2, 0) is 0 Å². The molecule has 0 aromatic rings. The van der Waals surface area contributed by atoms with E-state index in [9.17, 15) is 0 Å². The van der Waals surface area contributed by atoms with Crippen molar-refractivity contribution in [2.24, 2.45) is 0 Å². The number of hydrogen-bond donors (Lipinski definition) is 0. The van der Waals surface area contributed by atoms with Gasteiger partial charge in [0.15, 0.2) is 0 Å². The smallest absolute Gasteiger partial charge is 0.00184 e. The molecule has 1 heteroatoms. The summed E-state index contributed by atoms with van der Waals surface area (Å²) in [5.41, 5.74) is 1.30. The van der Waals surface area contributed by atoms with E-state index in [0.717, 1.165) is 6.42 Å². The lowest BCUT2D eigenvalue weighted by molar-refractivity contribution is 0.278. The van der Waals surface area contributed by atoms with E-state index in [1.165, 1.54) is 38.0 Å². The number of nitrogens with zero attached hydrogens (tertiary/aromatic N) is 1. The molecule has 72 valence electrons. The topological polar surface area (TPSA) is 3.24 Å². The lowest BCUT2D eigenvalue weighted by Gasteiger charge is -2.20. The predicted octanol–water partition coefficient (Wildman–Crippen LogP) is 3.07. The van der Waals surface area contributed by atoms with Gasteiger partial charge in [-0.15, -0.1) is 6.58 Å². The van der Waals surface area contributed by atoms with Gasteiger partial charge >= 0.3 is 0 Å². The van der Waals surface area contributed by atoms with Gasteiger partial charge in [-0.3, -0.25) is 0 Å². The van der Waals surface area contributed by atoms with E-state index >= 15 is 0 Å². The summed E-state index contributed by atoms with van der Waals surface area (Å²) in [6.45, 7) is 14.2. The van der Waals surface area contributed by atoms with E-state index in [-0.39, 0.29) is 0 Å². The molecule has 0 N–H and O–H groups in total. The van der Waals surface area contributed by atoms with Crippen molar-refractivity contribution >= 4 is 0 Å². The van der Waals surface area contributed by atoms with Crippen molar-refractivity contribution in [2.75, 3.05) is 19.6 Å². The first-order valence-electron chi connectivity index (χ1n) is 5.07. The third kappa shape index (κ3) is 6.41. The normalized spacial score (nSPS) is 10.7. The Bertz CT molecular complexity index is 112. The van der Waals surface area contributed by atoms with Gasteiger partial charge in [0, 0.05) is 6.54 Å². The maximum absolute atomic E-state index is 3.92. The molecule has 0 atom stereocenters. The lowest BCUT2D eigenvalue weighted by Crippen LogP contribution is -2.26. The van der Waals surface area contributed by atoms with Crippen LogP contribution in [0, 0.1) is 0 Å². The molecule has 1 nitrogen and oxygen atoms in total. The van der Waals surface area contributed by atoms with Gasteiger partial charge in [-0.05, 0) is 39.3 Å². The molecule has 12 heavy (non-hydrogen) atoms. The Balaban J connectivity index is 3.54. The van der Waals surface area contributed by atoms with Crippen LogP contribution in [0.25, 0.3) is 0 Å². The van der Waals surface area contributed by atoms with Gasteiger partial charge < -0.3 is 4.90 Å². The van der Waals surface area contributed by atoms with Gasteiger partial charge in [-0.1, -0.05) is 19.4 Å². The Labute approximate surface area is 77.5 Å². The van der Waals surface area contributed by atoms with Crippen molar-refractivity contribution in [2.45, 2.75) is 40.0 Å². The maximum atomic E-state index is 3.92. The standard InChI is InChI=1S/C11H23N/c1-5-8-12(9-6-2)10-7-11(3)4/h3,5-10H2,1-2,4H3. The van der Waals surface area contributed by atoms with E-state index in [0.29, 0.717) is 0 Å². The van der Waals surface area contributed by atoms with Gasteiger partial charge in [0.25, 0.3) is 0 Å². The highest BCUT2D eigenvalue weighted by Gasteiger charge is 2.00. The van der Waals surface area contributed by atoms with E-state index in [4.69, 9.17) is 0 Å². The quantitative estimate of drug-likeness (QED) is 0.529. The summed E-state index contributed by atoms with van der Waals surface area (Å²) in [6.07, 6.45) is 3.67. The molecular weight excluding hydrogens is 146 g/mol. The number of rotatable bonds is 7. The highest BCUT2D eigenvalue weighted by molar-refractivity contribution is 4.88. The maximum Gasteiger partial charge on any atom is 0.00184 e. The highest BCUT2D eigenvalue weighted by Crippen LogP contribution is 2.01. The molecule has 0 aliphatic rings. The minimum absolute atomic E-state index is 1.15. The molecule has 0 radical (unpaired) electrons. The molecule has 0 heterocycles. The molecule has 0 spiro atoms. The summed E-state index contributed by atoms with van der Waals surface area (Å²) in [5, 5.41) is 0. The van der Waals surface area contributed by atoms with Crippen LogP contribution in [0.2, 0.25) is 0 Å². The SMILES string of the molecule is C=C(C)CCN(CCC)CCC. The molecule has 0 aliphatic heterocycles. The summed E-state index contributed by atoms with van der Waals surface area (Å²) >= 11 is 0. The first kappa shape index (κ1) is 11.7. The summed E-state index contributed by atoms with van der Waals surface area (Å²) in [4.78, 5) is 2.52. The van der Waals surface area contributed by atoms with Crippen molar-refractivity contribution in [3.63, 3.8) is 0 Å². The van der Waals surface area contributed by atoms with Gasteiger partial charge in [-0.25, -0.2) is 0 Å². The zero-order chi connectivity index (χ0) is 9.40. The second-order valence-electron chi connectivity index (χ2n) is 3.55. The Hall–Kier alpha value is -0.300. The van der Waals surface area contributed by atoms with Gasteiger partial charge in [0.05, 0.1) is 0 Å². The van der Waals surface area contributed by atoms with Crippen LogP contribution in [0.3, 0.4) is 0 Å². The van der Waals surface area contributed by atoms with Crippen LogP contribution in [0.15, 0.2) is 12.2 Å². The van der Waals surface area contributed by atoms with Crippen LogP contribution in [0.5, 0.6) is 0 Å². The second-order valence-corrected chi connectivity index (χ2v) is 3.55. The van der Waals surface area contributed by atoms with Crippen molar-refractivity contribution in [1.82, 2.24) is 4.90 Å². The molecule has 0 aromatic carbocycles. The summed E-state index contributed by atoms with van der Waals surface area (Å²) in [5.74, 6) is 0. The van der Waals surface area contributed by atoms with Crippen molar-refractivity contribution in [3.8, 4) is 0 Å². The van der Waals surface area contributed by atoms with Gasteiger partial charge in [0.1, 0.15) is 0 Å². The fourth-order valence-electron chi connectivity index (χ4n) is 1.32. The molecule has 0 aliphatic carbocycles. The monoisotopic (exact) mass is 169 g/mol. The molecule has 0 unspecified atom stereocenters. The Morgan fingerprint density at radius 2 is 1.58 bits per heavy atom. The zero-order valence-corrected chi connectivity index (χ0v) is 8.90. The number of hydrogen-bond acceptors (Lipinski definition) is 1. The molecule has 0 fully saturated rings. The minimum Gasteiger partial charge on any atom is -0.303 e. The third-order valence-electron chi connectivity index (χ3n) is 1.93. The Kier molecular flexibility index (Phi) is 7.17. The third-order valence-corrected chi connectivity index (χ3v) is 1.93. The van der Waals surface area contributed by atoms with Crippen molar-refractivity contribution in [1.29, 1.82) is 0 Å². The van der Waals surface area contributed by atoms with E-state index in [1.807, 2.05) is 0 Å². The van der Waals surface area contributed by atoms with E-state index in [1.54, 1.807) is 0 Å². The molecule has 0 aromatic heterocycles. The zero-order valence-electron chi connectivity index (χ0n) is 8.90. The van der Waals surface area contributed by atoms with Crippen LogP contribution in [0.1, 0.15) is 40.0 Å². The summed E-state index contributed by atoms with van der Waals surface area (Å²) in [6, 6.07) is 0. The Morgan fingerprint density at radius 1 is 1.08 bits per heavy atom. The largest absolute Gasteiger partial charge is 0.303 e. The fourth-order valence-corrected chi connectivity index (χ4v) is 1.32. The second kappa shape index (κ2) is 7.35. The van der Waals surface area contributed by atoms with Crippen molar-refractivity contribution in [3.05, 3.63) is 12.2 Å². The van der Waals surface area contributed by atoms with Crippen LogP contribution >= 0.6 is 0 Å². The summed E-state index contributed by atoms with van der Waals surface area (Å²) < 4.78 is 0. The first-order valence-corrected chi connectivity index (χ1v) is 5.07. The van der Waals surface area contributed by atoms with Crippen LogP contribution in [-0.4, -0.2) is 24.5 Å². The first-order chi connectivity index (χ1) is 5.70. The molecule has 0 rings (SSSR count).